The largest absolute Gasteiger partial charge is 0.496 e. The fourth-order valence-electron chi connectivity index (χ4n) is 3.59. The minimum atomic E-state index is -0.318. The third-order valence-electron chi connectivity index (χ3n) is 5.14. The maximum atomic E-state index is 13.6. The molecule has 0 spiro atoms. The van der Waals surface area contributed by atoms with Crippen molar-refractivity contribution in [2.75, 3.05) is 25.5 Å². The highest BCUT2D eigenvalue weighted by molar-refractivity contribution is 7.13. The number of piperidine rings is 1. The topological polar surface area (TPSA) is 67.3 Å². The van der Waals surface area contributed by atoms with E-state index >= 15 is 0 Å². The number of ether oxygens (including phenoxy) is 1. The summed E-state index contributed by atoms with van der Waals surface area (Å²) in [5.41, 5.74) is 1.38. The summed E-state index contributed by atoms with van der Waals surface area (Å²) in [6, 6.07) is 10.1. The number of hydrogen-bond acceptors (Lipinski definition) is 6. The number of benzene rings is 1. The van der Waals surface area contributed by atoms with Gasteiger partial charge < -0.3 is 15.0 Å². The molecule has 1 aliphatic heterocycles. The van der Waals surface area contributed by atoms with Crippen LogP contribution in [0.4, 0.5) is 15.9 Å². The number of hydrogen-bond donors (Lipinski definition) is 1. The summed E-state index contributed by atoms with van der Waals surface area (Å²) < 4.78 is 18.9. The van der Waals surface area contributed by atoms with Crippen LogP contribution in [0.15, 0.2) is 41.8 Å². The minimum absolute atomic E-state index is 0.0533. The zero-order valence-electron chi connectivity index (χ0n) is 16.9. The molecule has 1 N–H and O–H groups in total. The molecule has 6 nitrogen and oxygen atoms in total. The lowest BCUT2D eigenvalue weighted by Gasteiger charge is -2.31. The maximum absolute atomic E-state index is 13.6. The van der Waals surface area contributed by atoms with Crippen molar-refractivity contribution in [3.05, 3.63) is 53.4 Å². The van der Waals surface area contributed by atoms with Gasteiger partial charge in [0.25, 0.3) is 0 Å². The van der Waals surface area contributed by atoms with Crippen molar-refractivity contribution in [2.45, 2.75) is 25.7 Å². The maximum Gasteiger partial charge on any atom is 0.219 e. The van der Waals surface area contributed by atoms with Crippen molar-refractivity contribution < 1.29 is 13.9 Å². The Morgan fingerprint density at radius 1 is 1.30 bits per heavy atom. The molecule has 0 aliphatic carbocycles. The first-order valence-corrected chi connectivity index (χ1v) is 10.7. The molecule has 0 radical (unpaired) electrons. The van der Waals surface area contributed by atoms with E-state index in [-0.39, 0.29) is 17.6 Å². The van der Waals surface area contributed by atoms with Crippen LogP contribution in [0, 0.1) is 5.82 Å². The number of likely N-dealkylation sites (tertiary alicyclic amines) is 1. The van der Waals surface area contributed by atoms with Gasteiger partial charge in [0.1, 0.15) is 23.2 Å². The van der Waals surface area contributed by atoms with Gasteiger partial charge in [-0.2, -0.15) is 0 Å². The lowest BCUT2D eigenvalue weighted by atomic mass is 9.97. The van der Waals surface area contributed by atoms with Gasteiger partial charge >= 0.3 is 0 Å². The van der Waals surface area contributed by atoms with Crippen LogP contribution < -0.4 is 10.1 Å². The molecule has 1 amide bonds. The number of rotatable bonds is 5. The molecule has 8 heteroatoms. The van der Waals surface area contributed by atoms with Gasteiger partial charge in [0.15, 0.2) is 0 Å². The summed E-state index contributed by atoms with van der Waals surface area (Å²) >= 11 is 1.54. The molecular weight excluding hydrogens is 403 g/mol. The van der Waals surface area contributed by atoms with Gasteiger partial charge in [-0.1, -0.05) is 6.07 Å². The highest BCUT2D eigenvalue weighted by atomic mass is 32.1. The Bertz CT molecular complexity index is 1060. The predicted octanol–water partition coefficient (Wildman–Crippen LogP) is 4.82. The van der Waals surface area contributed by atoms with E-state index in [1.807, 2.05) is 22.4 Å². The van der Waals surface area contributed by atoms with Crippen LogP contribution in [0.1, 0.15) is 31.5 Å². The lowest BCUT2D eigenvalue weighted by Crippen LogP contribution is -2.38. The smallest absolute Gasteiger partial charge is 0.219 e. The molecule has 2 aromatic heterocycles. The van der Waals surface area contributed by atoms with Crippen LogP contribution in [-0.2, 0) is 4.79 Å². The highest BCUT2D eigenvalue weighted by Gasteiger charge is 2.26. The van der Waals surface area contributed by atoms with Gasteiger partial charge in [0.05, 0.1) is 17.7 Å². The Hall–Kier alpha value is -3.00. The zero-order valence-corrected chi connectivity index (χ0v) is 17.7. The van der Waals surface area contributed by atoms with Crippen molar-refractivity contribution >= 4 is 28.7 Å². The van der Waals surface area contributed by atoms with Crippen molar-refractivity contribution in [1.29, 1.82) is 0 Å². The normalized spacial score (nSPS) is 16.4. The molecular formula is C22H23FN4O2S. The number of amides is 1. The third-order valence-corrected chi connectivity index (χ3v) is 6.07. The van der Waals surface area contributed by atoms with Gasteiger partial charge in [0, 0.05) is 49.1 Å². The SMILES string of the molecule is COc1csc(-c2cc(Nc3cccc(F)c3)nc(C3CCCN(C(C)=O)C3)n2)c1. The standard InChI is InChI=1S/C22H23FN4O2S/c1-14(28)27-8-4-5-15(12-27)22-25-19(20-10-18(29-2)13-30-20)11-21(26-22)24-17-7-3-6-16(23)9-17/h3,6-7,9-11,13,15H,4-5,8,12H2,1-2H3,(H,24,25,26). The van der Waals surface area contributed by atoms with Crippen molar-refractivity contribution in [2.24, 2.45) is 0 Å². The Morgan fingerprint density at radius 2 is 2.17 bits per heavy atom. The molecule has 156 valence electrons. The molecule has 0 bridgehead atoms. The first kappa shape index (κ1) is 20.3. The number of carbonyl (C=O) groups is 1. The average molecular weight is 427 g/mol. The van der Waals surface area contributed by atoms with Gasteiger partial charge in [0.2, 0.25) is 5.91 Å². The summed E-state index contributed by atoms with van der Waals surface area (Å²) in [6.45, 7) is 2.96. The Labute approximate surface area is 178 Å². The fourth-order valence-corrected chi connectivity index (χ4v) is 4.40. The van der Waals surface area contributed by atoms with E-state index < -0.39 is 0 Å². The summed E-state index contributed by atoms with van der Waals surface area (Å²) in [5.74, 6) is 1.85. The predicted molar refractivity (Wildman–Crippen MR) is 116 cm³/mol. The lowest BCUT2D eigenvalue weighted by molar-refractivity contribution is -0.130. The number of nitrogens with one attached hydrogen (secondary N) is 1. The zero-order chi connectivity index (χ0) is 21.1. The molecule has 3 heterocycles. The third kappa shape index (κ3) is 4.59. The number of nitrogens with zero attached hydrogens (tertiary/aromatic N) is 3. The van der Waals surface area contributed by atoms with Crippen LogP contribution in [-0.4, -0.2) is 41.0 Å². The molecule has 1 aliphatic rings. The molecule has 0 saturated carbocycles. The second-order valence-corrected chi connectivity index (χ2v) is 8.20. The molecule has 1 unspecified atom stereocenters. The van der Waals surface area contributed by atoms with Crippen LogP contribution >= 0.6 is 11.3 Å². The molecule has 1 fully saturated rings. The Kier molecular flexibility index (Phi) is 5.94. The number of methoxy groups -OCH3 is 1. The van der Waals surface area contributed by atoms with E-state index in [4.69, 9.17) is 14.7 Å². The quantitative estimate of drug-likeness (QED) is 0.633. The molecule has 1 aromatic carbocycles. The summed E-state index contributed by atoms with van der Waals surface area (Å²) in [6.07, 6.45) is 1.83. The van der Waals surface area contributed by atoms with Crippen molar-refractivity contribution in [3.63, 3.8) is 0 Å². The van der Waals surface area contributed by atoms with Crippen molar-refractivity contribution in [1.82, 2.24) is 14.9 Å². The van der Waals surface area contributed by atoms with E-state index in [1.54, 1.807) is 26.2 Å². The molecule has 30 heavy (non-hydrogen) atoms. The monoisotopic (exact) mass is 426 g/mol. The number of carbonyl (C=O) groups excluding carboxylic acids is 1. The average Bonchev–Trinajstić information content (AvgIpc) is 3.23. The first-order chi connectivity index (χ1) is 14.5. The van der Waals surface area contributed by atoms with Crippen LogP contribution in [0.2, 0.25) is 0 Å². The second kappa shape index (κ2) is 8.79. The minimum Gasteiger partial charge on any atom is -0.496 e. The van der Waals surface area contributed by atoms with E-state index in [2.05, 4.69) is 5.32 Å². The van der Waals surface area contributed by atoms with Gasteiger partial charge in [-0.25, -0.2) is 14.4 Å². The molecule has 4 rings (SSSR count). The van der Waals surface area contributed by atoms with E-state index in [0.29, 0.717) is 23.9 Å². The van der Waals surface area contributed by atoms with E-state index in [1.165, 1.54) is 23.5 Å². The number of anilines is 2. The van der Waals surface area contributed by atoms with Crippen molar-refractivity contribution in [3.8, 4) is 16.3 Å². The number of halogens is 1. The fraction of sp³-hybridized carbons (Fsp3) is 0.318. The van der Waals surface area contributed by atoms with Crippen LogP contribution in [0.3, 0.4) is 0 Å². The Balaban J connectivity index is 1.71. The summed E-state index contributed by atoms with van der Waals surface area (Å²) in [4.78, 5) is 24.2. The van der Waals surface area contributed by atoms with Crippen LogP contribution in [0.25, 0.3) is 10.6 Å². The summed E-state index contributed by atoms with van der Waals surface area (Å²) in [5, 5.41) is 5.12. The van der Waals surface area contributed by atoms with E-state index in [9.17, 15) is 9.18 Å². The first-order valence-electron chi connectivity index (χ1n) is 9.82. The van der Waals surface area contributed by atoms with Gasteiger partial charge in [-0.05, 0) is 31.0 Å². The highest BCUT2D eigenvalue weighted by Crippen LogP contribution is 2.33. The van der Waals surface area contributed by atoms with E-state index in [0.717, 1.165) is 35.7 Å². The number of aromatic nitrogens is 2. The van der Waals surface area contributed by atoms with Gasteiger partial charge in [-0.15, -0.1) is 11.3 Å². The summed E-state index contributed by atoms with van der Waals surface area (Å²) in [7, 11) is 1.63. The molecule has 1 saturated heterocycles. The number of thiophene rings is 1. The van der Waals surface area contributed by atoms with Crippen LogP contribution in [0.5, 0.6) is 5.75 Å². The molecule has 1 atom stereocenters. The van der Waals surface area contributed by atoms with Gasteiger partial charge in [-0.3, -0.25) is 4.79 Å². The molecule has 3 aromatic rings. The second-order valence-electron chi connectivity index (χ2n) is 7.29. The Morgan fingerprint density at radius 3 is 2.90 bits per heavy atom.